The zero-order valence-electron chi connectivity index (χ0n) is 12.4. The summed E-state index contributed by atoms with van der Waals surface area (Å²) >= 11 is 0. The standard InChI is InChI=1S/C15H23NO4/c1-4-5-11(17)14-12(18)6-10(7-13(14)19)15(20)16-8-9(2)3/h9-10,14H,4-8H2,1-3H3,(H,16,20). The second-order valence-electron chi connectivity index (χ2n) is 5.83. The summed E-state index contributed by atoms with van der Waals surface area (Å²) in [6.45, 7) is 6.29. The largest absolute Gasteiger partial charge is 0.356 e. The summed E-state index contributed by atoms with van der Waals surface area (Å²) in [7, 11) is 0. The molecule has 1 aliphatic carbocycles. The van der Waals surface area contributed by atoms with Crippen LogP contribution in [0.25, 0.3) is 0 Å². The van der Waals surface area contributed by atoms with Gasteiger partial charge in [0.2, 0.25) is 5.91 Å². The molecule has 1 N–H and O–H groups in total. The van der Waals surface area contributed by atoms with Gasteiger partial charge in [0.25, 0.3) is 0 Å². The number of Topliss-reactive ketones (excluding diaryl/α,β-unsaturated/α-hetero) is 3. The predicted octanol–water partition coefficient (Wildman–Crippen LogP) is 1.29. The smallest absolute Gasteiger partial charge is 0.224 e. The van der Waals surface area contributed by atoms with Gasteiger partial charge in [-0.2, -0.15) is 0 Å². The summed E-state index contributed by atoms with van der Waals surface area (Å²) in [6, 6.07) is 0. The van der Waals surface area contributed by atoms with E-state index >= 15 is 0 Å². The molecule has 0 heterocycles. The van der Waals surface area contributed by atoms with E-state index in [1.54, 1.807) is 0 Å². The lowest BCUT2D eigenvalue weighted by atomic mass is 9.77. The Morgan fingerprint density at radius 2 is 1.75 bits per heavy atom. The molecular weight excluding hydrogens is 258 g/mol. The van der Waals surface area contributed by atoms with Crippen molar-refractivity contribution in [2.45, 2.75) is 46.5 Å². The molecule has 0 aromatic rings. The highest BCUT2D eigenvalue weighted by Crippen LogP contribution is 2.25. The summed E-state index contributed by atoms with van der Waals surface area (Å²) in [5, 5.41) is 2.73. The first-order valence-electron chi connectivity index (χ1n) is 7.22. The van der Waals surface area contributed by atoms with Crippen molar-refractivity contribution in [3.05, 3.63) is 0 Å². The zero-order chi connectivity index (χ0) is 15.3. The van der Waals surface area contributed by atoms with Gasteiger partial charge in [0, 0.05) is 25.8 Å². The molecule has 0 radical (unpaired) electrons. The Morgan fingerprint density at radius 3 is 2.20 bits per heavy atom. The molecule has 0 aliphatic heterocycles. The normalized spacial score (nSPS) is 23.0. The predicted molar refractivity (Wildman–Crippen MR) is 74.0 cm³/mol. The first-order chi connectivity index (χ1) is 9.36. The fourth-order valence-electron chi connectivity index (χ4n) is 2.36. The monoisotopic (exact) mass is 281 g/mol. The number of hydrogen-bond donors (Lipinski definition) is 1. The number of amides is 1. The third-order valence-corrected chi connectivity index (χ3v) is 3.41. The van der Waals surface area contributed by atoms with Crippen LogP contribution >= 0.6 is 0 Å². The van der Waals surface area contributed by atoms with Crippen molar-refractivity contribution in [1.29, 1.82) is 0 Å². The molecule has 0 bridgehead atoms. The third kappa shape index (κ3) is 4.25. The van der Waals surface area contributed by atoms with Gasteiger partial charge in [-0.1, -0.05) is 20.8 Å². The second-order valence-corrected chi connectivity index (χ2v) is 5.83. The lowest BCUT2D eigenvalue weighted by Crippen LogP contribution is -2.44. The van der Waals surface area contributed by atoms with Crippen LogP contribution < -0.4 is 5.32 Å². The van der Waals surface area contributed by atoms with Gasteiger partial charge in [-0.25, -0.2) is 0 Å². The molecule has 1 saturated carbocycles. The van der Waals surface area contributed by atoms with Gasteiger partial charge in [-0.15, -0.1) is 0 Å². The van der Waals surface area contributed by atoms with Crippen LogP contribution in [0.15, 0.2) is 0 Å². The first kappa shape index (κ1) is 16.5. The highest BCUT2D eigenvalue weighted by atomic mass is 16.2. The number of ketones is 3. The Hall–Kier alpha value is -1.52. The molecule has 1 aliphatic rings. The van der Waals surface area contributed by atoms with Gasteiger partial charge >= 0.3 is 0 Å². The quantitative estimate of drug-likeness (QED) is 0.744. The van der Waals surface area contributed by atoms with E-state index in [4.69, 9.17) is 0 Å². The fraction of sp³-hybridized carbons (Fsp3) is 0.733. The Bertz CT molecular complexity index is 396. The van der Waals surface area contributed by atoms with Crippen LogP contribution in [0.4, 0.5) is 0 Å². The van der Waals surface area contributed by atoms with Crippen molar-refractivity contribution < 1.29 is 19.2 Å². The number of nitrogens with one attached hydrogen (secondary N) is 1. The van der Waals surface area contributed by atoms with Crippen molar-refractivity contribution in [2.24, 2.45) is 17.8 Å². The summed E-state index contributed by atoms with van der Waals surface area (Å²) in [6.07, 6.45) is 0.853. The Kier molecular flexibility index (Phi) is 6.05. The zero-order valence-corrected chi connectivity index (χ0v) is 12.4. The van der Waals surface area contributed by atoms with Gasteiger partial charge in [-0.05, 0) is 12.3 Å². The minimum absolute atomic E-state index is 0.00418. The first-order valence-corrected chi connectivity index (χ1v) is 7.22. The van der Waals surface area contributed by atoms with Crippen molar-refractivity contribution in [2.75, 3.05) is 6.54 Å². The average Bonchev–Trinajstić information content (AvgIpc) is 2.35. The average molecular weight is 281 g/mol. The van der Waals surface area contributed by atoms with Crippen molar-refractivity contribution in [1.82, 2.24) is 5.32 Å². The molecule has 5 nitrogen and oxygen atoms in total. The molecule has 0 atom stereocenters. The van der Waals surface area contributed by atoms with Crippen LogP contribution in [-0.2, 0) is 19.2 Å². The van der Waals surface area contributed by atoms with Gasteiger partial charge < -0.3 is 5.32 Å². The van der Waals surface area contributed by atoms with E-state index in [2.05, 4.69) is 5.32 Å². The summed E-state index contributed by atoms with van der Waals surface area (Å²) < 4.78 is 0. The molecule has 5 heteroatoms. The number of carbonyl (C=O) groups excluding carboxylic acids is 4. The van der Waals surface area contributed by atoms with Crippen LogP contribution in [0, 0.1) is 17.8 Å². The molecule has 0 unspecified atom stereocenters. The Labute approximate surface area is 119 Å². The molecule has 1 rings (SSSR count). The molecule has 0 aromatic heterocycles. The van der Waals surface area contributed by atoms with Gasteiger partial charge in [-0.3, -0.25) is 19.2 Å². The van der Waals surface area contributed by atoms with E-state index in [-0.39, 0.29) is 31.0 Å². The SMILES string of the molecule is CCCC(=O)C1C(=O)CC(C(=O)NCC(C)C)CC1=O. The molecule has 0 saturated heterocycles. The van der Waals surface area contributed by atoms with Gasteiger partial charge in [0.1, 0.15) is 5.92 Å². The summed E-state index contributed by atoms with van der Waals surface area (Å²) in [5.74, 6) is -2.78. The molecule has 0 spiro atoms. The van der Waals surface area contributed by atoms with Crippen molar-refractivity contribution in [3.63, 3.8) is 0 Å². The molecule has 1 fully saturated rings. The van der Waals surface area contributed by atoms with Gasteiger partial charge in [0.05, 0.1) is 5.92 Å². The van der Waals surface area contributed by atoms with Crippen LogP contribution in [0.1, 0.15) is 46.5 Å². The third-order valence-electron chi connectivity index (χ3n) is 3.41. The van der Waals surface area contributed by atoms with Crippen LogP contribution in [-0.4, -0.2) is 29.8 Å². The minimum Gasteiger partial charge on any atom is -0.356 e. The van der Waals surface area contributed by atoms with E-state index in [1.807, 2.05) is 20.8 Å². The number of hydrogen-bond acceptors (Lipinski definition) is 4. The van der Waals surface area contributed by atoms with Crippen LogP contribution in [0.3, 0.4) is 0 Å². The lowest BCUT2D eigenvalue weighted by Gasteiger charge is -2.25. The summed E-state index contributed by atoms with van der Waals surface area (Å²) in [5.41, 5.74) is 0. The second kappa shape index (κ2) is 7.31. The van der Waals surface area contributed by atoms with Crippen LogP contribution in [0.2, 0.25) is 0 Å². The van der Waals surface area contributed by atoms with Crippen LogP contribution in [0.5, 0.6) is 0 Å². The fourth-order valence-corrected chi connectivity index (χ4v) is 2.36. The number of rotatable bonds is 6. The number of carbonyl (C=O) groups is 4. The summed E-state index contributed by atoms with van der Waals surface area (Å²) in [4.78, 5) is 47.6. The lowest BCUT2D eigenvalue weighted by molar-refractivity contribution is -0.146. The van der Waals surface area contributed by atoms with Crippen molar-refractivity contribution in [3.8, 4) is 0 Å². The maximum absolute atomic E-state index is 12.0. The maximum Gasteiger partial charge on any atom is 0.224 e. The van der Waals surface area contributed by atoms with Crippen molar-refractivity contribution >= 4 is 23.3 Å². The Morgan fingerprint density at radius 1 is 1.20 bits per heavy atom. The molecular formula is C15H23NO4. The van der Waals surface area contributed by atoms with E-state index in [0.717, 1.165) is 0 Å². The van der Waals surface area contributed by atoms with Gasteiger partial charge in [0.15, 0.2) is 17.3 Å². The maximum atomic E-state index is 12.0. The van der Waals surface area contributed by atoms with E-state index < -0.39 is 23.4 Å². The van der Waals surface area contributed by atoms with E-state index in [9.17, 15) is 19.2 Å². The minimum atomic E-state index is -1.12. The Balaban J connectivity index is 2.64. The molecule has 112 valence electrons. The van der Waals surface area contributed by atoms with E-state index in [0.29, 0.717) is 18.9 Å². The van der Waals surface area contributed by atoms with E-state index in [1.165, 1.54) is 0 Å². The highest BCUT2D eigenvalue weighted by molar-refractivity contribution is 6.21. The highest BCUT2D eigenvalue weighted by Gasteiger charge is 2.41. The molecule has 20 heavy (non-hydrogen) atoms. The topological polar surface area (TPSA) is 80.3 Å². The molecule has 1 amide bonds. The molecule has 0 aromatic carbocycles.